The number of hydrogen-bond acceptors (Lipinski definition) is 8. The lowest BCUT2D eigenvalue weighted by Crippen LogP contribution is -2.39. The minimum Gasteiger partial charge on any atom is -0.359 e. The van der Waals surface area contributed by atoms with Crippen molar-refractivity contribution in [3.05, 3.63) is 42.4 Å². The number of pyridine rings is 1. The van der Waals surface area contributed by atoms with Gasteiger partial charge in [-0.2, -0.15) is 13.2 Å². The fraction of sp³-hybridized carbons (Fsp3) is 0.480. The summed E-state index contributed by atoms with van der Waals surface area (Å²) >= 11 is 0. The molecule has 0 aromatic carbocycles. The molecule has 6 heterocycles. The van der Waals surface area contributed by atoms with Gasteiger partial charge in [0.25, 0.3) is 0 Å². The summed E-state index contributed by atoms with van der Waals surface area (Å²) in [5, 5.41) is 5.89. The Balaban J connectivity index is 1.23. The van der Waals surface area contributed by atoms with Crippen LogP contribution < -0.4 is 15.5 Å². The highest BCUT2D eigenvalue weighted by Gasteiger charge is 2.33. The molecule has 3 aliphatic heterocycles. The van der Waals surface area contributed by atoms with E-state index < -0.39 is 11.9 Å². The molecule has 13 heteroatoms. The van der Waals surface area contributed by atoms with E-state index in [9.17, 15) is 18.0 Å². The Bertz CT molecular complexity index is 1330. The molecule has 2 fully saturated rings. The van der Waals surface area contributed by atoms with Crippen molar-refractivity contribution >= 4 is 23.2 Å². The molecule has 3 aliphatic rings. The zero-order valence-electron chi connectivity index (χ0n) is 20.7. The number of aromatic nitrogens is 5. The fourth-order valence-corrected chi connectivity index (χ4v) is 5.24. The van der Waals surface area contributed by atoms with Gasteiger partial charge < -0.3 is 25.0 Å². The second-order valence-corrected chi connectivity index (χ2v) is 9.88. The number of amides is 1. The highest BCUT2D eigenvalue weighted by Crippen LogP contribution is 2.37. The smallest absolute Gasteiger partial charge is 0.359 e. The second-order valence-electron chi connectivity index (χ2n) is 9.88. The van der Waals surface area contributed by atoms with E-state index in [4.69, 9.17) is 4.98 Å². The number of likely N-dealkylation sites (tertiary alicyclic amines) is 1. The average Bonchev–Trinajstić information content (AvgIpc) is 3.31. The largest absolute Gasteiger partial charge is 0.433 e. The van der Waals surface area contributed by atoms with E-state index in [1.54, 1.807) is 6.07 Å². The summed E-state index contributed by atoms with van der Waals surface area (Å²) in [5.41, 5.74) is 0.607. The first kappa shape index (κ1) is 24.6. The van der Waals surface area contributed by atoms with Crippen molar-refractivity contribution in [3.63, 3.8) is 0 Å². The quantitative estimate of drug-likeness (QED) is 0.504. The van der Waals surface area contributed by atoms with Crippen LogP contribution in [-0.4, -0.2) is 74.6 Å². The van der Waals surface area contributed by atoms with Gasteiger partial charge in [0.05, 0.1) is 12.2 Å². The summed E-state index contributed by atoms with van der Waals surface area (Å²) in [5.74, 6) is 2.20. The number of nitrogens with one attached hydrogen (secondary N) is 2. The number of rotatable bonds is 6. The van der Waals surface area contributed by atoms with E-state index >= 15 is 0 Å². The number of fused-ring (bicyclic) bond motifs is 1. The molecule has 1 amide bonds. The Morgan fingerprint density at radius 1 is 1.05 bits per heavy atom. The number of piperidine rings is 1. The van der Waals surface area contributed by atoms with Gasteiger partial charge in [0.1, 0.15) is 23.5 Å². The summed E-state index contributed by atoms with van der Waals surface area (Å²) in [6, 6.07) is 2.64. The van der Waals surface area contributed by atoms with Crippen molar-refractivity contribution < 1.29 is 18.0 Å². The fourth-order valence-electron chi connectivity index (χ4n) is 5.24. The third-order valence-corrected chi connectivity index (χ3v) is 7.43. The summed E-state index contributed by atoms with van der Waals surface area (Å²) in [6.07, 6.45) is 2.82. The van der Waals surface area contributed by atoms with Crippen molar-refractivity contribution in [1.29, 1.82) is 0 Å². The molecule has 6 rings (SSSR count). The Hall–Kier alpha value is -3.74. The van der Waals surface area contributed by atoms with Gasteiger partial charge in [0.15, 0.2) is 11.6 Å². The maximum atomic E-state index is 13.3. The van der Waals surface area contributed by atoms with Crippen molar-refractivity contribution in [2.24, 2.45) is 0 Å². The normalized spacial score (nSPS) is 18.5. The van der Waals surface area contributed by atoms with Crippen LogP contribution >= 0.6 is 0 Å². The third kappa shape index (κ3) is 4.89. The number of hydrogen-bond donors (Lipinski definition) is 2. The highest BCUT2D eigenvalue weighted by atomic mass is 19.4. The van der Waals surface area contributed by atoms with Crippen LogP contribution in [0.3, 0.4) is 0 Å². The summed E-state index contributed by atoms with van der Waals surface area (Å²) in [4.78, 5) is 33.5. The molecule has 3 aromatic heterocycles. The van der Waals surface area contributed by atoms with Crippen LogP contribution in [-0.2, 0) is 17.5 Å². The van der Waals surface area contributed by atoms with Crippen molar-refractivity contribution in [2.45, 2.75) is 37.9 Å². The first-order valence-electron chi connectivity index (χ1n) is 12.8. The highest BCUT2D eigenvalue weighted by molar-refractivity contribution is 6.02. The molecule has 0 radical (unpaired) electrons. The second kappa shape index (κ2) is 9.86. The molecular formula is C25H28F3N9O. The topological polar surface area (TPSA) is 104 Å². The Morgan fingerprint density at radius 3 is 2.61 bits per heavy atom. The predicted molar refractivity (Wildman–Crippen MR) is 135 cm³/mol. The van der Waals surface area contributed by atoms with Crippen LogP contribution in [0.2, 0.25) is 0 Å². The molecule has 2 N–H and O–H groups in total. The number of nitrogens with zero attached hydrogens (tertiary/aromatic N) is 7. The minimum absolute atomic E-state index is 0.134. The van der Waals surface area contributed by atoms with Crippen molar-refractivity contribution in [2.75, 3.05) is 54.8 Å². The third-order valence-electron chi connectivity index (χ3n) is 7.43. The molecule has 0 aliphatic carbocycles. The van der Waals surface area contributed by atoms with E-state index in [1.807, 2.05) is 6.20 Å². The van der Waals surface area contributed by atoms with Crippen molar-refractivity contribution in [3.8, 4) is 11.3 Å². The first-order valence-corrected chi connectivity index (χ1v) is 12.8. The lowest BCUT2D eigenvalue weighted by Gasteiger charge is -2.35. The Morgan fingerprint density at radius 2 is 1.87 bits per heavy atom. The molecule has 0 saturated carbocycles. The van der Waals surface area contributed by atoms with Gasteiger partial charge in [0, 0.05) is 50.1 Å². The number of carbonyl (C=O) groups is 1. The molecule has 10 nitrogen and oxygen atoms in total. The van der Waals surface area contributed by atoms with Crippen LogP contribution in [0.1, 0.15) is 36.7 Å². The maximum Gasteiger partial charge on any atom is 0.433 e. The standard InChI is InChI=1S/C25H28F3N9O/c26-25(27,28)19-12-17(2-5-29-19)18-14-37(11-10-35-6-1-7-35)23(33-18)16-3-8-36(9-4-16)24-21-22(31-15-32-24)30-13-20(38)34-21/h2,5,12,14-16H,1,3-4,6-11,13H2,(H,34,38)(H,30,31,32). The van der Waals surface area contributed by atoms with E-state index in [0.29, 0.717) is 41.7 Å². The van der Waals surface area contributed by atoms with Gasteiger partial charge >= 0.3 is 6.18 Å². The minimum atomic E-state index is -4.51. The van der Waals surface area contributed by atoms with Gasteiger partial charge in [-0.1, -0.05) is 0 Å². The molecule has 200 valence electrons. The number of carbonyl (C=O) groups excluding carboxylic acids is 1. The van der Waals surface area contributed by atoms with E-state index in [0.717, 1.165) is 50.9 Å². The van der Waals surface area contributed by atoms with E-state index in [2.05, 4.69) is 40.0 Å². The Labute approximate surface area is 217 Å². The molecule has 0 atom stereocenters. The number of anilines is 3. The number of imidazole rings is 1. The molecule has 0 unspecified atom stereocenters. The van der Waals surface area contributed by atoms with Gasteiger partial charge in [-0.3, -0.25) is 9.78 Å². The lowest BCUT2D eigenvalue weighted by molar-refractivity contribution is -0.141. The van der Waals surface area contributed by atoms with Gasteiger partial charge in [0.2, 0.25) is 5.91 Å². The zero-order valence-corrected chi connectivity index (χ0v) is 20.7. The molecule has 3 aromatic rings. The van der Waals surface area contributed by atoms with Crippen LogP contribution in [0.5, 0.6) is 0 Å². The van der Waals surface area contributed by atoms with Crippen LogP contribution in [0, 0.1) is 0 Å². The van der Waals surface area contributed by atoms with Gasteiger partial charge in [-0.25, -0.2) is 15.0 Å². The monoisotopic (exact) mass is 527 g/mol. The zero-order chi connectivity index (χ0) is 26.3. The number of halogens is 3. The first-order chi connectivity index (χ1) is 18.3. The van der Waals surface area contributed by atoms with Gasteiger partial charge in [-0.15, -0.1) is 0 Å². The van der Waals surface area contributed by atoms with E-state index in [-0.39, 0.29) is 18.4 Å². The van der Waals surface area contributed by atoms with Crippen molar-refractivity contribution in [1.82, 2.24) is 29.4 Å². The maximum absolute atomic E-state index is 13.3. The lowest BCUT2D eigenvalue weighted by atomic mass is 9.95. The van der Waals surface area contributed by atoms with Crippen LogP contribution in [0.15, 0.2) is 30.9 Å². The van der Waals surface area contributed by atoms with Crippen LogP contribution in [0.25, 0.3) is 11.3 Å². The van der Waals surface area contributed by atoms with Crippen LogP contribution in [0.4, 0.5) is 30.5 Å². The SMILES string of the molecule is O=C1CNc2ncnc(N3CCC(c4nc(-c5ccnc(C(F)(F)F)c5)cn4CCN4CCC4)CC3)c2N1. The Kier molecular flexibility index (Phi) is 6.38. The molecule has 2 saturated heterocycles. The summed E-state index contributed by atoms with van der Waals surface area (Å²) in [7, 11) is 0. The predicted octanol–water partition coefficient (Wildman–Crippen LogP) is 3.21. The molecule has 0 bridgehead atoms. The summed E-state index contributed by atoms with van der Waals surface area (Å²) in [6.45, 7) is 5.34. The number of alkyl halides is 3. The molecule has 38 heavy (non-hydrogen) atoms. The van der Waals surface area contributed by atoms with E-state index in [1.165, 1.54) is 18.9 Å². The molecular weight excluding hydrogens is 499 g/mol. The van der Waals surface area contributed by atoms with Gasteiger partial charge in [-0.05, 0) is 44.5 Å². The summed E-state index contributed by atoms with van der Waals surface area (Å²) < 4.78 is 42.0. The molecule has 0 spiro atoms. The average molecular weight is 528 g/mol.